The average Bonchev–Trinajstić information content (AvgIpc) is 2.56. The molecule has 1 atom stereocenters. The molecule has 0 bridgehead atoms. The number of hydrogen-bond donors (Lipinski definition) is 2. The van der Waals surface area contributed by atoms with E-state index in [1.807, 2.05) is 5.51 Å². The number of nitrogens with one attached hydrogen (secondary N) is 1. The Kier molecular flexibility index (Phi) is 4.21. The summed E-state index contributed by atoms with van der Waals surface area (Å²) in [5.41, 5.74) is 8.36. The molecule has 1 aromatic rings. The van der Waals surface area contributed by atoms with E-state index in [-0.39, 0.29) is 0 Å². The summed E-state index contributed by atoms with van der Waals surface area (Å²) in [6.45, 7) is 3.83. The maximum absolute atomic E-state index is 5.38. The van der Waals surface area contributed by atoms with Crippen molar-refractivity contribution in [1.29, 1.82) is 0 Å². The molecule has 12 heavy (non-hydrogen) atoms. The molecular weight excluding hydrogens is 170 g/mol. The molecule has 1 aromatic heterocycles. The van der Waals surface area contributed by atoms with Gasteiger partial charge in [0.1, 0.15) is 0 Å². The molecule has 3 nitrogen and oxygen atoms in total. The lowest BCUT2D eigenvalue weighted by Crippen LogP contribution is -2.22. The summed E-state index contributed by atoms with van der Waals surface area (Å²) in [5.74, 6) is 0. The van der Waals surface area contributed by atoms with E-state index in [1.165, 1.54) is 0 Å². The van der Waals surface area contributed by atoms with Crippen LogP contribution in [0.4, 0.5) is 0 Å². The van der Waals surface area contributed by atoms with Gasteiger partial charge in [0.25, 0.3) is 0 Å². The second-order valence-corrected chi connectivity index (χ2v) is 3.45. The molecule has 1 heterocycles. The molecule has 0 aliphatic heterocycles. The Morgan fingerprint density at radius 3 is 3.17 bits per heavy atom. The predicted octanol–water partition coefficient (Wildman–Crippen LogP) is 1.14. The van der Waals surface area contributed by atoms with Crippen LogP contribution in [0.15, 0.2) is 10.9 Å². The fourth-order valence-corrected chi connectivity index (χ4v) is 1.61. The van der Waals surface area contributed by atoms with Gasteiger partial charge in [0, 0.05) is 11.4 Å². The first-order valence-electron chi connectivity index (χ1n) is 4.16. The van der Waals surface area contributed by atoms with Crippen molar-refractivity contribution in [2.45, 2.75) is 19.4 Å². The minimum absolute atomic E-state index is 0.350. The van der Waals surface area contributed by atoms with Crippen molar-refractivity contribution in [1.82, 2.24) is 10.3 Å². The molecule has 4 heteroatoms. The predicted molar refractivity (Wildman–Crippen MR) is 52.2 cm³/mol. The van der Waals surface area contributed by atoms with Gasteiger partial charge in [0.05, 0.1) is 11.2 Å². The highest BCUT2D eigenvalue weighted by molar-refractivity contribution is 7.07. The van der Waals surface area contributed by atoms with Gasteiger partial charge in [-0.2, -0.15) is 0 Å². The van der Waals surface area contributed by atoms with Gasteiger partial charge < -0.3 is 11.1 Å². The normalized spacial score (nSPS) is 13.2. The average molecular weight is 185 g/mol. The Labute approximate surface area is 77.0 Å². The van der Waals surface area contributed by atoms with Crippen molar-refractivity contribution in [2.24, 2.45) is 5.73 Å². The van der Waals surface area contributed by atoms with Gasteiger partial charge in [-0.05, 0) is 26.4 Å². The van der Waals surface area contributed by atoms with E-state index in [0.29, 0.717) is 6.04 Å². The van der Waals surface area contributed by atoms with E-state index in [4.69, 9.17) is 5.73 Å². The van der Waals surface area contributed by atoms with Gasteiger partial charge in [-0.1, -0.05) is 0 Å². The monoisotopic (exact) mass is 185 g/mol. The Bertz CT molecular complexity index is 198. The summed E-state index contributed by atoms with van der Waals surface area (Å²) >= 11 is 1.63. The summed E-state index contributed by atoms with van der Waals surface area (Å²) in [7, 11) is 0. The van der Waals surface area contributed by atoms with Crippen LogP contribution in [0.1, 0.15) is 25.1 Å². The highest BCUT2D eigenvalue weighted by Crippen LogP contribution is 2.11. The Balaban J connectivity index is 2.25. The van der Waals surface area contributed by atoms with Gasteiger partial charge in [0.15, 0.2) is 0 Å². The summed E-state index contributed by atoms with van der Waals surface area (Å²) in [4.78, 5) is 4.22. The fourth-order valence-electron chi connectivity index (χ4n) is 0.961. The quantitative estimate of drug-likeness (QED) is 0.676. The van der Waals surface area contributed by atoms with E-state index < -0.39 is 0 Å². The van der Waals surface area contributed by atoms with Crippen LogP contribution in [-0.2, 0) is 0 Å². The van der Waals surface area contributed by atoms with E-state index in [1.54, 1.807) is 11.3 Å². The maximum atomic E-state index is 5.38. The van der Waals surface area contributed by atoms with E-state index in [9.17, 15) is 0 Å². The number of thiazole rings is 1. The molecule has 0 saturated carbocycles. The van der Waals surface area contributed by atoms with Gasteiger partial charge in [-0.3, -0.25) is 0 Å². The van der Waals surface area contributed by atoms with Crippen LogP contribution >= 0.6 is 11.3 Å². The molecular formula is C8H15N3S. The molecule has 0 aliphatic carbocycles. The molecule has 0 spiro atoms. The minimum Gasteiger partial charge on any atom is -0.330 e. The molecule has 0 aliphatic rings. The number of nitrogens with two attached hydrogens (primary N) is 1. The Morgan fingerprint density at radius 2 is 2.58 bits per heavy atom. The summed E-state index contributed by atoms with van der Waals surface area (Å²) in [6.07, 6.45) is 1.02. The summed E-state index contributed by atoms with van der Waals surface area (Å²) in [5, 5.41) is 5.42. The minimum atomic E-state index is 0.350. The first kappa shape index (κ1) is 9.64. The van der Waals surface area contributed by atoms with Crippen LogP contribution in [0, 0.1) is 0 Å². The third-order valence-corrected chi connectivity index (χ3v) is 2.33. The van der Waals surface area contributed by atoms with Crippen LogP contribution in [0.5, 0.6) is 0 Å². The summed E-state index contributed by atoms with van der Waals surface area (Å²) in [6, 6.07) is 0.350. The first-order chi connectivity index (χ1) is 5.84. The second-order valence-electron chi connectivity index (χ2n) is 2.73. The van der Waals surface area contributed by atoms with Crippen molar-refractivity contribution in [3.63, 3.8) is 0 Å². The zero-order valence-corrected chi connectivity index (χ0v) is 8.10. The van der Waals surface area contributed by atoms with Gasteiger partial charge in [0.2, 0.25) is 0 Å². The van der Waals surface area contributed by atoms with Crippen molar-refractivity contribution < 1.29 is 0 Å². The molecule has 0 fully saturated rings. The standard InChI is InChI=1S/C8H15N3S/c1-7(10-4-2-3-9)8-5-12-6-11-8/h5-7,10H,2-4,9H2,1H3. The van der Waals surface area contributed by atoms with Crippen molar-refractivity contribution in [2.75, 3.05) is 13.1 Å². The van der Waals surface area contributed by atoms with Crippen molar-refractivity contribution >= 4 is 11.3 Å². The van der Waals surface area contributed by atoms with Crippen molar-refractivity contribution in [3.8, 4) is 0 Å². The van der Waals surface area contributed by atoms with E-state index in [0.717, 1.165) is 25.2 Å². The smallest absolute Gasteiger partial charge is 0.0795 e. The van der Waals surface area contributed by atoms with Gasteiger partial charge in [-0.25, -0.2) is 4.98 Å². The number of aromatic nitrogens is 1. The largest absolute Gasteiger partial charge is 0.330 e. The fraction of sp³-hybridized carbons (Fsp3) is 0.625. The van der Waals surface area contributed by atoms with Crippen molar-refractivity contribution in [3.05, 3.63) is 16.6 Å². The van der Waals surface area contributed by atoms with E-state index in [2.05, 4.69) is 22.6 Å². The Hall–Kier alpha value is -0.450. The zero-order chi connectivity index (χ0) is 8.81. The highest BCUT2D eigenvalue weighted by atomic mass is 32.1. The first-order valence-corrected chi connectivity index (χ1v) is 5.10. The molecule has 3 N–H and O–H groups in total. The van der Waals surface area contributed by atoms with Crippen LogP contribution in [0.25, 0.3) is 0 Å². The highest BCUT2D eigenvalue weighted by Gasteiger charge is 2.04. The molecule has 1 unspecified atom stereocenters. The lowest BCUT2D eigenvalue weighted by Gasteiger charge is -2.09. The Morgan fingerprint density at radius 1 is 1.75 bits per heavy atom. The molecule has 68 valence electrons. The molecule has 1 rings (SSSR count). The van der Waals surface area contributed by atoms with E-state index >= 15 is 0 Å². The third-order valence-electron chi connectivity index (χ3n) is 1.73. The van der Waals surface area contributed by atoms with Crippen LogP contribution in [0.2, 0.25) is 0 Å². The number of hydrogen-bond acceptors (Lipinski definition) is 4. The van der Waals surface area contributed by atoms with Gasteiger partial charge in [-0.15, -0.1) is 11.3 Å². The molecule has 0 radical (unpaired) electrons. The van der Waals surface area contributed by atoms with Crippen LogP contribution < -0.4 is 11.1 Å². The lowest BCUT2D eigenvalue weighted by molar-refractivity contribution is 0.553. The summed E-state index contributed by atoms with van der Waals surface area (Å²) < 4.78 is 0. The maximum Gasteiger partial charge on any atom is 0.0795 e. The SMILES string of the molecule is CC(NCCCN)c1cscn1. The molecule has 0 saturated heterocycles. The zero-order valence-electron chi connectivity index (χ0n) is 7.29. The lowest BCUT2D eigenvalue weighted by atomic mass is 10.2. The van der Waals surface area contributed by atoms with Gasteiger partial charge >= 0.3 is 0 Å². The number of rotatable bonds is 5. The second kappa shape index (κ2) is 5.24. The molecule has 0 amide bonds. The third kappa shape index (κ3) is 2.89. The number of nitrogens with zero attached hydrogens (tertiary/aromatic N) is 1. The van der Waals surface area contributed by atoms with Crippen LogP contribution in [0.3, 0.4) is 0 Å². The van der Waals surface area contributed by atoms with Crippen LogP contribution in [-0.4, -0.2) is 18.1 Å². The topological polar surface area (TPSA) is 50.9 Å². The molecule has 0 aromatic carbocycles.